The Hall–Kier alpha value is -1.86. The highest BCUT2D eigenvalue weighted by Crippen LogP contribution is 2.33. The fraction of sp³-hybridized carbons (Fsp3) is 0.533. The maximum Gasteiger partial charge on any atom is 0.0431 e. The number of fused-ring (bicyclic) bond motifs is 5. The highest BCUT2D eigenvalue weighted by atomic mass is 16.2. The van der Waals surface area contributed by atoms with E-state index < -0.39 is 0 Å². The number of rotatable bonds is 10. The van der Waals surface area contributed by atoms with Crippen LogP contribution in [0.4, 0.5) is 0 Å². The van der Waals surface area contributed by atoms with Crippen molar-refractivity contribution in [1.82, 2.24) is 0 Å². The zero-order valence-corrected chi connectivity index (χ0v) is 19.7. The molecular formula is C30H42O. The van der Waals surface area contributed by atoms with Crippen LogP contribution in [0.1, 0.15) is 95.1 Å². The van der Waals surface area contributed by atoms with Gasteiger partial charge >= 0.3 is 0 Å². The Labute approximate surface area is 189 Å². The lowest BCUT2D eigenvalue weighted by molar-refractivity contribution is 0.282. The Morgan fingerprint density at radius 1 is 0.613 bits per heavy atom. The van der Waals surface area contributed by atoms with Crippen molar-refractivity contribution in [1.29, 1.82) is 0 Å². The van der Waals surface area contributed by atoms with Crippen LogP contribution in [0.2, 0.25) is 0 Å². The molecule has 0 aromatic heterocycles. The zero-order valence-electron chi connectivity index (χ0n) is 19.7. The van der Waals surface area contributed by atoms with E-state index in [1.165, 1.54) is 105 Å². The lowest BCUT2D eigenvalue weighted by Gasteiger charge is -2.18. The molecule has 0 radical (unpaired) electrons. The first-order valence-corrected chi connectivity index (χ1v) is 12.9. The molecule has 0 atom stereocenters. The van der Waals surface area contributed by atoms with E-state index in [9.17, 15) is 0 Å². The van der Waals surface area contributed by atoms with Gasteiger partial charge in [0.25, 0.3) is 0 Å². The van der Waals surface area contributed by atoms with Crippen molar-refractivity contribution in [3.8, 4) is 0 Å². The average molecular weight is 419 g/mol. The number of benzene rings is 3. The molecular weight excluding hydrogens is 376 g/mol. The van der Waals surface area contributed by atoms with E-state index in [2.05, 4.69) is 55.5 Å². The number of hydrogen-bond donors (Lipinski definition) is 1. The standard InChI is InChI=1S/C18H16.C12H26O/c1-3-7-15-13(5-1)9-11-18-16-8-4-2-6-14(16)10-12-17(15)18;1-2-3-4-5-6-7-8-9-10-11-12-13/h1,3,5,7,9-12H,2,4,6,8H2;13H,2-12H2,1H3. The molecule has 0 saturated carbocycles. The van der Waals surface area contributed by atoms with Crippen molar-refractivity contribution in [3.05, 3.63) is 59.7 Å². The minimum atomic E-state index is 0.372. The summed E-state index contributed by atoms with van der Waals surface area (Å²) in [6.07, 6.45) is 18.5. The van der Waals surface area contributed by atoms with Crippen LogP contribution in [0, 0.1) is 0 Å². The van der Waals surface area contributed by atoms with E-state index in [0.717, 1.165) is 6.42 Å². The largest absolute Gasteiger partial charge is 0.396 e. The van der Waals surface area contributed by atoms with Crippen LogP contribution in [-0.4, -0.2) is 11.7 Å². The fourth-order valence-electron chi connectivity index (χ4n) is 4.94. The molecule has 1 aliphatic carbocycles. The predicted molar refractivity (Wildman–Crippen MR) is 137 cm³/mol. The maximum absolute atomic E-state index is 8.57. The summed E-state index contributed by atoms with van der Waals surface area (Å²) in [4.78, 5) is 0. The summed E-state index contributed by atoms with van der Waals surface area (Å²) in [5.74, 6) is 0. The molecule has 31 heavy (non-hydrogen) atoms. The molecule has 3 aromatic rings. The number of hydrogen-bond acceptors (Lipinski definition) is 1. The molecule has 0 heterocycles. The van der Waals surface area contributed by atoms with Gasteiger partial charge in [-0.15, -0.1) is 0 Å². The monoisotopic (exact) mass is 418 g/mol. The molecule has 0 spiro atoms. The normalized spacial score (nSPS) is 13.1. The first-order chi connectivity index (χ1) is 15.3. The van der Waals surface area contributed by atoms with Gasteiger partial charge in [0.1, 0.15) is 0 Å². The minimum Gasteiger partial charge on any atom is -0.396 e. The number of aryl methyl sites for hydroxylation is 2. The third-order valence-corrected chi connectivity index (χ3v) is 6.77. The predicted octanol–water partition coefficient (Wildman–Crippen LogP) is 8.77. The topological polar surface area (TPSA) is 20.2 Å². The van der Waals surface area contributed by atoms with Gasteiger partial charge in [-0.25, -0.2) is 0 Å². The molecule has 0 amide bonds. The van der Waals surface area contributed by atoms with Gasteiger partial charge in [0.05, 0.1) is 0 Å². The second-order valence-electron chi connectivity index (χ2n) is 9.20. The van der Waals surface area contributed by atoms with Gasteiger partial charge in [-0.05, 0) is 64.8 Å². The van der Waals surface area contributed by atoms with Gasteiger partial charge in [0, 0.05) is 6.61 Å². The molecule has 3 aromatic carbocycles. The van der Waals surface area contributed by atoms with Crippen LogP contribution in [0.15, 0.2) is 48.5 Å². The molecule has 1 aliphatic rings. The second kappa shape index (κ2) is 13.5. The lowest BCUT2D eigenvalue weighted by atomic mass is 9.86. The lowest BCUT2D eigenvalue weighted by Crippen LogP contribution is -2.02. The van der Waals surface area contributed by atoms with E-state index >= 15 is 0 Å². The molecule has 0 aliphatic heterocycles. The number of aliphatic hydroxyl groups excluding tert-OH is 1. The quantitative estimate of drug-likeness (QED) is 0.258. The molecule has 0 saturated heterocycles. The van der Waals surface area contributed by atoms with Crippen LogP contribution in [0.25, 0.3) is 21.5 Å². The van der Waals surface area contributed by atoms with Crippen LogP contribution < -0.4 is 0 Å². The zero-order chi connectivity index (χ0) is 21.7. The molecule has 0 bridgehead atoms. The van der Waals surface area contributed by atoms with E-state index in [1.54, 1.807) is 11.1 Å². The van der Waals surface area contributed by atoms with Crippen molar-refractivity contribution < 1.29 is 5.11 Å². The van der Waals surface area contributed by atoms with Crippen molar-refractivity contribution in [3.63, 3.8) is 0 Å². The van der Waals surface area contributed by atoms with E-state index in [0.29, 0.717) is 6.61 Å². The summed E-state index contributed by atoms with van der Waals surface area (Å²) >= 11 is 0. The van der Waals surface area contributed by atoms with Crippen molar-refractivity contribution >= 4 is 21.5 Å². The van der Waals surface area contributed by atoms with Gasteiger partial charge in [-0.3, -0.25) is 0 Å². The Morgan fingerprint density at radius 2 is 1.26 bits per heavy atom. The van der Waals surface area contributed by atoms with Crippen LogP contribution >= 0.6 is 0 Å². The third-order valence-electron chi connectivity index (χ3n) is 6.77. The highest BCUT2D eigenvalue weighted by Gasteiger charge is 2.13. The average Bonchev–Trinajstić information content (AvgIpc) is 2.83. The Bertz CT molecular complexity index is 901. The summed E-state index contributed by atoms with van der Waals surface area (Å²) in [6, 6.07) is 18.0. The van der Waals surface area contributed by atoms with Crippen molar-refractivity contribution in [2.45, 2.75) is 96.8 Å². The summed E-state index contributed by atoms with van der Waals surface area (Å²) in [7, 11) is 0. The molecule has 1 heteroatoms. The van der Waals surface area contributed by atoms with Gasteiger partial charge in [0.2, 0.25) is 0 Å². The molecule has 0 fully saturated rings. The summed E-state index contributed by atoms with van der Waals surface area (Å²) in [5, 5.41) is 14.2. The first-order valence-electron chi connectivity index (χ1n) is 12.9. The summed E-state index contributed by atoms with van der Waals surface area (Å²) in [6.45, 7) is 2.63. The molecule has 4 rings (SSSR count). The van der Waals surface area contributed by atoms with Crippen molar-refractivity contribution in [2.75, 3.05) is 6.61 Å². The summed E-state index contributed by atoms with van der Waals surface area (Å²) in [5.41, 5.74) is 3.17. The first kappa shape index (κ1) is 23.8. The van der Waals surface area contributed by atoms with E-state index in [-0.39, 0.29) is 0 Å². The minimum absolute atomic E-state index is 0.372. The Kier molecular flexibility index (Phi) is 10.4. The van der Waals surface area contributed by atoms with Gasteiger partial charge in [-0.2, -0.15) is 0 Å². The van der Waals surface area contributed by atoms with E-state index in [1.807, 2.05) is 0 Å². The molecule has 168 valence electrons. The van der Waals surface area contributed by atoms with Crippen LogP contribution in [0.3, 0.4) is 0 Å². The smallest absolute Gasteiger partial charge is 0.0431 e. The van der Waals surface area contributed by atoms with E-state index in [4.69, 9.17) is 5.11 Å². The second-order valence-corrected chi connectivity index (χ2v) is 9.20. The van der Waals surface area contributed by atoms with Gasteiger partial charge < -0.3 is 5.11 Å². The van der Waals surface area contributed by atoms with Crippen molar-refractivity contribution in [2.24, 2.45) is 0 Å². The fourth-order valence-corrected chi connectivity index (χ4v) is 4.94. The van der Waals surface area contributed by atoms with Gasteiger partial charge in [-0.1, -0.05) is 113 Å². The molecule has 0 unspecified atom stereocenters. The number of aliphatic hydroxyl groups is 1. The van der Waals surface area contributed by atoms with Crippen LogP contribution in [-0.2, 0) is 12.8 Å². The maximum atomic E-state index is 8.57. The molecule has 1 nitrogen and oxygen atoms in total. The Morgan fingerprint density at radius 3 is 2.00 bits per heavy atom. The Balaban J connectivity index is 0.000000188. The summed E-state index contributed by atoms with van der Waals surface area (Å²) < 4.78 is 0. The van der Waals surface area contributed by atoms with Gasteiger partial charge in [0.15, 0.2) is 0 Å². The molecule has 1 N–H and O–H groups in total. The third kappa shape index (κ3) is 7.07. The SMILES string of the molecule is CCCCCCCCCCCCO.c1ccc2c(c1)ccc1c3c(ccc12)CCCC3. The highest BCUT2D eigenvalue weighted by molar-refractivity contribution is 6.08. The van der Waals surface area contributed by atoms with Crippen LogP contribution in [0.5, 0.6) is 0 Å². The number of unbranched alkanes of at least 4 members (excludes halogenated alkanes) is 9.